The van der Waals surface area contributed by atoms with Gasteiger partial charge in [0.05, 0.1) is 12.7 Å². The van der Waals surface area contributed by atoms with E-state index in [0.717, 1.165) is 31.5 Å². The molecule has 0 fully saturated rings. The maximum Gasteiger partial charge on any atom is 0.330 e. The monoisotopic (exact) mass is 382 g/mol. The number of hydrogen-bond donors (Lipinski definition) is 2. The van der Waals surface area contributed by atoms with Crippen LogP contribution in [0.5, 0.6) is 0 Å². The van der Waals surface area contributed by atoms with Gasteiger partial charge < -0.3 is 15.2 Å². The predicted octanol–water partition coefficient (Wildman–Crippen LogP) is 2.11. The van der Waals surface area contributed by atoms with Gasteiger partial charge in [0.15, 0.2) is 0 Å². The summed E-state index contributed by atoms with van der Waals surface area (Å²) in [5.41, 5.74) is 5.61. The van der Waals surface area contributed by atoms with Crippen LogP contribution in [-0.4, -0.2) is 25.6 Å². The molecule has 0 aliphatic carbocycles. The van der Waals surface area contributed by atoms with E-state index in [2.05, 4.69) is 16.9 Å². The number of nitrogens with one attached hydrogen (secondary N) is 1. The fourth-order valence-electron chi connectivity index (χ4n) is 2.78. The first-order chi connectivity index (χ1) is 12.4. The summed E-state index contributed by atoms with van der Waals surface area (Å²) in [7, 11) is 1.82. The van der Waals surface area contributed by atoms with Gasteiger partial charge in [0, 0.05) is 20.1 Å². The number of H-pyrrole nitrogens is 1. The Bertz CT molecular complexity index is 854. The van der Waals surface area contributed by atoms with Gasteiger partial charge in [-0.05, 0) is 12.8 Å². The molecule has 0 amide bonds. The summed E-state index contributed by atoms with van der Waals surface area (Å²) < 4.78 is 3.20. The van der Waals surface area contributed by atoms with Crippen molar-refractivity contribution < 1.29 is 0 Å². The van der Waals surface area contributed by atoms with Crippen LogP contribution in [0.3, 0.4) is 0 Å². The molecule has 0 aliphatic rings. The maximum atomic E-state index is 12.5. The van der Waals surface area contributed by atoms with Gasteiger partial charge in [0.25, 0.3) is 5.56 Å². The quantitative estimate of drug-likeness (QED) is 0.691. The lowest BCUT2D eigenvalue weighted by Crippen LogP contribution is -2.39. The molecule has 0 saturated heterocycles. The number of hydrogen-bond acceptors (Lipinski definition) is 5. The summed E-state index contributed by atoms with van der Waals surface area (Å²) in [6.45, 7) is 5.58. The van der Waals surface area contributed by atoms with Crippen molar-refractivity contribution >= 4 is 23.1 Å². The molecule has 0 saturated carbocycles. The van der Waals surface area contributed by atoms with Crippen molar-refractivity contribution in [3.8, 4) is 0 Å². The number of aromatic amines is 1. The highest BCUT2D eigenvalue weighted by Crippen LogP contribution is 2.21. The smallest absolute Gasteiger partial charge is 0.330 e. The summed E-state index contributed by atoms with van der Waals surface area (Å²) in [5, 5.41) is 0.519. The number of aromatic nitrogens is 4. The summed E-state index contributed by atoms with van der Waals surface area (Å²) >= 11 is 6.07. The molecule has 0 bridgehead atoms. The van der Waals surface area contributed by atoms with E-state index >= 15 is 0 Å². The Kier molecular flexibility index (Phi) is 6.90. The number of nitrogen functional groups attached to an aromatic ring is 1. The molecule has 144 valence electrons. The molecule has 0 atom stereocenters. The van der Waals surface area contributed by atoms with E-state index in [1.807, 2.05) is 18.9 Å². The molecule has 2 rings (SSSR count). The van der Waals surface area contributed by atoms with Crippen molar-refractivity contribution in [2.24, 2.45) is 7.05 Å². The SMILES string of the molecule is CCCCN(Cc1ncc(Cl)n1C)c1c(N)n(CCCC)c(=O)[nH]c1=O. The van der Waals surface area contributed by atoms with Crippen molar-refractivity contribution in [1.82, 2.24) is 19.1 Å². The number of anilines is 2. The molecule has 2 aromatic rings. The zero-order chi connectivity index (χ0) is 19.3. The van der Waals surface area contributed by atoms with Crippen molar-refractivity contribution in [1.29, 1.82) is 0 Å². The van der Waals surface area contributed by atoms with Crippen molar-refractivity contribution in [3.63, 3.8) is 0 Å². The molecule has 0 unspecified atom stereocenters. The Labute approximate surface area is 157 Å². The average Bonchev–Trinajstić information content (AvgIpc) is 2.91. The van der Waals surface area contributed by atoms with E-state index < -0.39 is 11.2 Å². The normalized spacial score (nSPS) is 11.1. The number of unbranched alkanes of at least 4 members (excludes halogenated alkanes) is 2. The molecular formula is C17H27ClN6O2. The lowest BCUT2D eigenvalue weighted by molar-refractivity contribution is 0.598. The largest absolute Gasteiger partial charge is 0.383 e. The highest BCUT2D eigenvalue weighted by molar-refractivity contribution is 6.29. The Balaban J connectivity index is 2.48. The van der Waals surface area contributed by atoms with Crippen LogP contribution in [0.4, 0.5) is 11.5 Å². The van der Waals surface area contributed by atoms with Crippen LogP contribution in [-0.2, 0) is 20.1 Å². The fourth-order valence-corrected chi connectivity index (χ4v) is 2.93. The van der Waals surface area contributed by atoms with Gasteiger partial charge >= 0.3 is 5.69 Å². The van der Waals surface area contributed by atoms with Crippen LogP contribution in [0.1, 0.15) is 45.4 Å². The lowest BCUT2D eigenvalue weighted by atomic mass is 10.2. The number of rotatable bonds is 9. The van der Waals surface area contributed by atoms with Crippen LogP contribution < -0.4 is 21.9 Å². The standard InChI is InChI=1S/C17H27ClN6O2/c1-4-6-8-23(11-13-20-10-12(18)22(13)3)14-15(19)24(9-7-5-2)17(26)21-16(14)25/h10H,4-9,11,19H2,1-3H3,(H,21,25,26). The summed E-state index contributed by atoms with van der Waals surface area (Å²) in [6.07, 6.45) is 5.14. The van der Waals surface area contributed by atoms with E-state index in [1.165, 1.54) is 4.57 Å². The fraction of sp³-hybridized carbons (Fsp3) is 0.588. The van der Waals surface area contributed by atoms with Crippen LogP contribution >= 0.6 is 11.6 Å². The van der Waals surface area contributed by atoms with E-state index in [9.17, 15) is 9.59 Å². The van der Waals surface area contributed by atoms with Crippen LogP contribution in [0, 0.1) is 0 Å². The number of halogens is 1. The molecular weight excluding hydrogens is 356 g/mol. The molecule has 8 nitrogen and oxygen atoms in total. The topological polar surface area (TPSA) is 102 Å². The van der Waals surface area contributed by atoms with Crippen molar-refractivity contribution in [3.05, 3.63) is 38.0 Å². The maximum absolute atomic E-state index is 12.5. The first-order valence-corrected chi connectivity index (χ1v) is 9.32. The molecule has 2 aromatic heterocycles. The van der Waals surface area contributed by atoms with Gasteiger partial charge in [0.1, 0.15) is 22.5 Å². The zero-order valence-corrected chi connectivity index (χ0v) is 16.3. The van der Waals surface area contributed by atoms with Crippen molar-refractivity contribution in [2.45, 2.75) is 52.6 Å². The number of nitrogens with two attached hydrogens (primary N) is 1. The summed E-state index contributed by atoms with van der Waals surface area (Å²) in [4.78, 5) is 33.2. The predicted molar refractivity (Wildman–Crippen MR) is 105 cm³/mol. The number of imidazole rings is 1. The second-order valence-electron chi connectivity index (χ2n) is 6.33. The Morgan fingerprint density at radius 1 is 1.27 bits per heavy atom. The third-order valence-corrected chi connectivity index (χ3v) is 4.76. The molecule has 3 N–H and O–H groups in total. The van der Waals surface area contributed by atoms with E-state index in [0.29, 0.717) is 30.5 Å². The molecule has 0 aromatic carbocycles. The van der Waals surface area contributed by atoms with Gasteiger partial charge in [-0.25, -0.2) is 9.78 Å². The van der Waals surface area contributed by atoms with Crippen LogP contribution in [0.25, 0.3) is 0 Å². The third-order valence-electron chi connectivity index (χ3n) is 4.41. The third kappa shape index (κ3) is 4.30. The van der Waals surface area contributed by atoms with E-state index in [1.54, 1.807) is 10.8 Å². The van der Waals surface area contributed by atoms with Crippen LogP contribution in [0.15, 0.2) is 15.8 Å². The summed E-state index contributed by atoms with van der Waals surface area (Å²) in [6, 6.07) is 0. The second kappa shape index (κ2) is 8.93. The minimum Gasteiger partial charge on any atom is -0.383 e. The van der Waals surface area contributed by atoms with Gasteiger partial charge in [0.2, 0.25) is 0 Å². The average molecular weight is 383 g/mol. The van der Waals surface area contributed by atoms with Crippen LogP contribution in [0.2, 0.25) is 5.15 Å². The minimum absolute atomic E-state index is 0.198. The second-order valence-corrected chi connectivity index (χ2v) is 6.72. The van der Waals surface area contributed by atoms with E-state index in [-0.39, 0.29) is 5.82 Å². The van der Waals surface area contributed by atoms with E-state index in [4.69, 9.17) is 17.3 Å². The molecule has 2 heterocycles. The highest BCUT2D eigenvalue weighted by atomic mass is 35.5. The molecule has 26 heavy (non-hydrogen) atoms. The first-order valence-electron chi connectivity index (χ1n) is 8.94. The highest BCUT2D eigenvalue weighted by Gasteiger charge is 2.20. The Morgan fingerprint density at radius 2 is 1.96 bits per heavy atom. The molecule has 0 spiro atoms. The van der Waals surface area contributed by atoms with Gasteiger partial charge in [-0.15, -0.1) is 0 Å². The molecule has 0 aliphatic heterocycles. The Hall–Kier alpha value is -2.22. The molecule has 0 radical (unpaired) electrons. The zero-order valence-electron chi connectivity index (χ0n) is 15.6. The minimum atomic E-state index is -0.475. The first kappa shape index (κ1) is 20.1. The lowest BCUT2D eigenvalue weighted by Gasteiger charge is -2.26. The van der Waals surface area contributed by atoms with Gasteiger partial charge in [-0.3, -0.25) is 14.3 Å². The summed E-state index contributed by atoms with van der Waals surface area (Å²) in [5.74, 6) is 0.917. The molecule has 9 heteroatoms. The van der Waals surface area contributed by atoms with Gasteiger partial charge in [-0.2, -0.15) is 0 Å². The number of nitrogens with zero attached hydrogens (tertiary/aromatic N) is 4. The Morgan fingerprint density at radius 3 is 2.54 bits per heavy atom. The van der Waals surface area contributed by atoms with Crippen molar-refractivity contribution in [2.75, 3.05) is 17.2 Å². The van der Waals surface area contributed by atoms with Gasteiger partial charge in [-0.1, -0.05) is 38.3 Å².